The van der Waals surface area contributed by atoms with E-state index in [0.29, 0.717) is 11.5 Å². The van der Waals surface area contributed by atoms with Crippen LogP contribution < -0.4 is 0 Å². The number of methoxy groups -OCH3 is 1. The molecule has 0 radical (unpaired) electrons. The predicted molar refractivity (Wildman–Crippen MR) is 96.6 cm³/mol. The van der Waals surface area contributed by atoms with Gasteiger partial charge in [-0.3, -0.25) is 0 Å². The number of nitrogens with zero attached hydrogens (tertiary/aromatic N) is 1. The van der Waals surface area contributed by atoms with Crippen LogP contribution in [-0.2, 0) is 4.74 Å². The molecule has 3 nitrogen and oxygen atoms in total. The fourth-order valence-electron chi connectivity index (χ4n) is 2.70. The summed E-state index contributed by atoms with van der Waals surface area (Å²) in [6.07, 6.45) is 4.10. The van der Waals surface area contributed by atoms with E-state index in [0.717, 1.165) is 16.8 Å². The van der Waals surface area contributed by atoms with Gasteiger partial charge in [0.25, 0.3) is 0 Å². The summed E-state index contributed by atoms with van der Waals surface area (Å²) in [6.45, 7) is 4.38. The van der Waals surface area contributed by atoms with E-state index in [1.807, 2.05) is 30.5 Å². The van der Waals surface area contributed by atoms with Crippen molar-refractivity contribution < 1.29 is 9.53 Å². The number of ether oxygens (including phenoxy) is 1. The first kappa shape index (κ1) is 16.1. The molecular weight excluding hydrogens is 298 g/mol. The van der Waals surface area contributed by atoms with Crippen LogP contribution in [0, 0.1) is 0 Å². The normalized spacial score (nSPS) is 10.8. The quantitative estimate of drug-likeness (QED) is 0.630. The number of rotatable bonds is 4. The zero-order chi connectivity index (χ0) is 17.1. The molecule has 0 aliphatic rings. The Labute approximate surface area is 142 Å². The first-order valence-electron chi connectivity index (χ1n) is 8.05. The molecule has 1 aromatic heterocycles. The SMILES string of the molecule is COC(=O)c1cccc(-c2ccn(-c3ccc(C(C)C)cc3)c2)c1. The van der Waals surface area contributed by atoms with Crippen LogP contribution in [0.5, 0.6) is 0 Å². The summed E-state index contributed by atoms with van der Waals surface area (Å²) >= 11 is 0. The number of aromatic nitrogens is 1. The maximum Gasteiger partial charge on any atom is 0.337 e. The van der Waals surface area contributed by atoms with Crippen LogP contribution >= 0.6 is 0 Å². The third-order valence-electron chi connectivity index (χ3n) is 4.17. The van der Waals surface area contributed by atoms with Crippen LogP contribution in [0.15, 0.2) is 67.0 Å². The van der Waals surface area contributed by atoms with Crippen molar-refractivity contribution in [3.05, 3.63) is 78.1 Å². The van der Waals surface area contributed by atoms with Gasteiger partial charge in [0.05, 0.1) is 12.7 Å². The molecule has 3 aromatic rings. The van der Waals surface area contributed by atoms with Gasteiger partial charge in [-0.1, -0.05) is 38.1 Å². The van der Waals surface area contributed by atoms with Gasteiger partial charge in [-0.05, 0) is 52.9 Å². The maximum atomic E-state index is 11.7. The van der Waals surface area contributed by atoms with Gasteiger partial charge in [-0.15, -0.1) is 0 Å². The molecular formula is C21H21NO2. The van der Waals surface area contributed by atoms with Gasteiger partial charge >= 0.3 is 5.97 Å². The molecule has 24 heavy (non-hydrogen) atoms. The van der Waals surface area contributed by atoms with E-state index in [9.17, 15) is 4.79 Å². The maximum absolute atomic E-state index is 11.7. The van der Waals surface area contributed by atoms with Gasteiger partial charge in [-0.25, -0.2) is 4.79 Å². The molecule has 0 saturated heterocycles. The summed E-state index contributed by atoms with van der Waals surface area (Å²) < 4.78 is 6.88. The minimum absolute atomic E-state index is 0.319. The highest BCUT2D eigenvalue weighted by molar-refractivity contribution is 5.90. The molecule has 3 rings (SSSR count). The van der Waals surface area contributed by atoms with Crippen molar-refractivity contribution in [2.75, 3.05) is 7.11 Å². The van der Waals surface area contributed by atoms with Gasteiger partial charge < -0.3 is 9.30 Å². The fraction of sp³-hybridized carbons (Fsp3) is 0.190. The standard InChI is InChI=1S/C21H21NO2/c1-15(2)16-7-9-20(10-8-16)22-12-11-19(14-22)17-5-4-6-18(13-17)21(23)24-3/h4-15H,1-3H3. The van der Waals surface area contributed by atoms with Crippen molar-refractivity contribution in [1.82, 2.24) is 4.57 Å². The molecule has 2 aromatic carbocycles. The molecule has 0 aliphatic carbocycles. The lowest BCUT2D eigenvalue weighted by atomic mass is 10.0. The van der Waals surface area contributed by atoms with Gasteiger partial charge in [0, 0.05) is 18.1 Å². The molecule has 0 saturated carbocycles. The summed E-state index contributed by atoms with van der Waals surface area (Å²) in [5.74, 6) is 0.209. The molecule has 0 amide bonds. The number of benzene rings is 2. The van der Waals surface area contributed by atoms with Crippen LogP contribution in [0.1, 0.15) is 35.7 Å². The highest BCUT2D eigenvalue weighted by Crippen LogP contribution is 2.24. The highest BCUT2D eigenvalue weighted by atomic mass is 16.5. The lowest BCUT2D eigenvalue weighted by Crippen LogP contribution is -2.00. The van der Waals surface area contributed by atoms with E-state index in [-0.39, 0.29) is 5.97 Å². The van der Waals surface area contributed by atoms with E-state index >= 15 is 0 Å². The molecule has 0 N–H and O–H groups in total. The van der Waals surface area contributed by atoms with Crippen molar-refractivity contribution in [1.29, 1.82) is 0 Å². The second-order valence-corrected chi connectivity index (χ2v) is 6.13. The first-order valence-corrected chi connectivity index (χ1v) is 8.05. The molecule has 0 aliphatic heterocycles. The van der Waals surface area contributed by atoms with Crippen molar-refractivity contribution in [3.8, 4) is 16.8 Å². The van der Waals surface area contributed by atoms with E-state index < -0.39 is 0 Å². The van der Waals surface area contributed by atoms with Gasteiger partial charge in [-0.2, -0.15) is 0 Å². The number of hydrogen-bond donors (Lipinski definition) is 0. The van der Waals surface area contributed by atoms with Crippen LogP contribution in [0.25, 0.3) is 16.8 Å². The molecule has 3 heteroatoms. The summed E-state index contributed by atoms with van der Waals surface area (Å²) in [7, 11) is 1.40. The Morgan fingerprint density at radius 3 is 2.42 bits per heavy atom. The Morgan fingerprint density at radius 2 is 1.75 bits per heavy atom. The van der Waals surface area contributed by atoms with Crippen molar-refractivity contribution >= 4 is 5.97 Å². The van der Waals surface area contributed by atoms with Crippen LogP contribution in [0.3, 0.4) is 0 Å². The molecule has 1 heterocycles. The second-order valence-electron chi connectivity index (χ2n) is 6.13. The fourth-order valence-corrected chi connectivity index (χ4v) is 2.70. The lowest BCUT2D eigenvalue weighted by molar-refractivity contribution is 0.0601. The number of carbonyl (C=O) groups is 1. The predicted octanol–water partition coefficient (Wildman–Crippen LogP) is 5.05. The van der Waals surface area contributed by atoms with E-state index in [1.165, 1.54) is 12.7 Å². The van der Waals surface area contributed by atoms with Crippen molar-refractivity contribution in [2.45, 2.75) is 19.8 Å². The molecule has 0 fully saturated rings. The summed E-state index contributed by atoms with van der Waals surface area (Å²) in [6, 6.07) is 18.1. The molecule has 0 spiro atoms. The van der Waals surface area contributed by atoms with Gasteiger partial charge in [0.15, 0.2) is 0 Å². The van der Waals surface area contributed by atoms with E-state index in [4.69, 9.17) is 4.74 Å². The first-order chi connectivity index (χ1) is 11.6. The number of esters is 1. The molecule has 0 atom stereocenters. The Hall–Kier alpha value is -2.81. The van der Waals surface area contributed by atoms with Crippen molar-refractivity contribution in [3.63, 3.8) is 0 Å². The third kappa shape index (κ3) is 3.25. The molecule has 0 bridgehead atoms. The smallest absolute Gasteiger partial charge is 0.337 e. The largest absolute Gasteiger partial charge is 0.465 e. The topological polar surface area (TPSA) is 31.2 Å². The summed E-state index contributed by atoms with van der Waals surface area (Å²) in [5.41, 5.74) is 5.07. The van der Waals surface area contributed by atoms with Crippen LogP contribution in [0.2, 0.25) is 0 Å². The van der Waals surface area contributed by atoms with Gasteiger partial charge in [0.2, 0.25) is 0 Å². The lowest BCUT2D eigenvalue weighted by Gasteiger charge is -2.07. The number of hydrogen-bond acceptors (Lipinski definition) is 2. The minimum atomic E-state index is -0.319. The van der Waals surface area contributed by atoms with Crippen LogP contribution in [0.4, 0.5) is 0 Å². The zero-order valence-electron chi connectivity index (χ0n) is 14.2. The van der Waals surface area contributed by atoms with Gasteiger partial charge in [0.1, 0.15) is 0 Å². The van der Waals surface area contributed by atoms with E-state index in [2.05, 4.69) is 48.9 Å². The third-order valence-corrected chi connectivity index (χ3v) is 4.17. The summed E-state index contributed by atoms with van der Waals surface area (Å²) in [4.78, 5) is 11.7. The highest BCUT2D eigenvalue weighted by Gasteiger charge is 2.08. The van der Waals surface area contributed by atoms with Crippen LogP contribution in [-0.4, -0.2) is 17.6 Å². The molecule has 122 valence electrons. The van der Waals surface area contributed by atoms with E-state index in [1.54, 1.807) is 6.07 Å². The Kier molecular flexibility index (Phi) is 4.52. The monoisotopic (exact) mass is 319 g/mol. The van der Waals surface area contributed by atoms with Crippen molar-refractivity contribution in [2.24, 2.45) is 0 Å². The molecule has 0 unspecified atom stereocenters. The Balaban J connectivity index is 1.89. The Bertz CT molecular complexity index is 844. The Morgan fingerprint density at radius 1 is 1.00 bits per heavy atom. The zero-order valence-corrected chi connectivity index (χ0v) is 14.2. The minimum Gasteiger partial charge on any atom is -0.465 e. The average Bonchev–Trinajstić information content (AvgIpc) is 3.11. The second kappa shape index (κ2) is 6.75. The average molecular weight is 319 g/mol. The summed E-state index contributed by atoms with van der Waals surface area (Å²) in [5, 5.41) is 0. The number of carbonyl (C=O) groups excluding carboxylic acids is 1.